The van der Waals surface area contributed by atoms with Gasteiger partial charge in [0.05, 0.1) is 5.41 Å². The topological polar surface area (TPSA) is 0 Å². The average molecular weight is 477 g/mol. The zero-order valence-electron chi connectivity index (χ0n) is 23.3. The molecule has 188 valence electrons. The summed E-state index contributed by atoms with van der Waals surface area (Å²) in [7, 11) is 0. The van der Waals surface area contributed by atoms with Crippen LogP contribution in [0.4, 0.5) is 0 Å². The second-order valence-corrected chi connectivity index (χ2v) is 10.5. The maximum atomic E-state index is 2.34. The van der Waals surface area contributed by atoms with Gasteiger partial charge in [0.25, 0.3) is 0 Å². The van der Waals surface area contributed by atoms with E-state index in [9.17, 15) is 0 Å². The fourth-order valence-corrected chi connectivity index (χ4v) is 6.37. The van der Waals surface area contributed by atoms with E-state index in [4.69, 9.17) is 0 Å². The maximum absolute atomic E-state index is 2.34. The molecule has 0 amide bonds. The number of rotatable bonds is 4. The summed E-state index contributed by atoms with van der Waals surface area (Å²) in [4.78, 5) is 0. The van der Waals surface area contributed by atoms with Gasteiger partial charge in [-0.1, -0.05) is 68.1 Å². The Morgan fingerprint density at radius 2 is 0.556 bits per heavy atom. The summed E-state index contributed by atoms with van der Waals surface area (Å²) in [6.45, 7) is 23.1. The molecule has 0 N–H and O–H groups in total. The van der Waals surface area contributed by atoms with E-state index in [0.717, 1.165) is 0 Å². The summed E-state index contributed by atoms with van der Waals surface area (Å²) >= 11 is 0. The molecule has 0 saturated heterocycles. The Hall–Kier alpha value is -3.12. The first-order valence-electron chi connectivity index (χ1n) is 12.8. The molecule has 0 aliphatic heterocycles. The first-order valence-corrected chi connectivity index (χ1v) is 12.8. The van der Waals surface area contributed by atoms with Crippen molar-refractivity contribution >= 4 is 0 Å². The molecule has 4 rings (SSSR count). The minimum Gasteiger partial charge on any atom is -0.0776 e. The summed E-state index contributed by atoms with van der Waals surface area (Å²) in [5.74, 6) is 0. The van der Waals surface area contributed by atoms with Crippen LogP contribution in [0.15, 0.2) is 60.7 Å². The summed E-state index contributed by atoms with van der Waals surface area (Å²) in [5.41, 5.74) is 19.1. The van der Waals surface area contributed by atoms with Gasteiger partial charge in [0.15, 0.2) is 0 Å². The molecule has 0 unspecified atom stereocenters. The van der Waals surface area contributed by atoms with Crippen LogP contribution in [0.1, 0.15) is 85.3 Å². The Bertz CT molecular complexity index is 1230. The molecule has 0 atom stereocenters. The number of hydrogen-bond donors (Lipinski definition) is 0. The van der Waals surface area contributed by atoms with Crippen molar-refractivity contribution in [2.24, 2.45) is 0 Å². The van der Waals surface area contributed by atoms with Crippen molar-refractivity contribution in [1.29, 1.82) is 0 Å². The average Bonchev–Trinajstić information content (AvgIpc) is 2.88. The summed E-state index contributed by atoms with van der Waals surface area (Å²) in [5, 5.41) is 0. The van der Waals surface area contributed by atoms with Crippen molar-refractivity contribution in [2.45, 2.75) is 82.1 Å². The van der Waals surface area contributed by atoms with Gasteiger partial charge in [-0.3, -0.25) is 0 Å². The highest BCUT2D eigenvalue weighted by Gasteiger charge is 2.44. The van der Waals surface area contributed by atoms with Crippen LogP contribution < -0.4 is 0 Å². The highest BCUT2D eigenvalue weighted by atomic mass is 14.5. The van der Waals surface area contributed by atoms with E-state index in [1.54, 1.807) is 0 Å². The van der Waals surface area contributed by atoms with Crippen molar-refractivity contribution < 1.29 is 0 Å². The third-order valence-corrected chi connectivity index (χ3v) is 9.16. The standard InChI is InChI=1S/C35H40.CH4/c1-21-23(3)27(7)33(28(8)24(21)4)35(31-17-13-11-14-18-31,32-19-15-12-16-20-32)34-29(9)25(5)22(2)26(6)30(34)10;/h11-20H,1-10H3;1H4. The van der Waals surface area contributed by atoms with Gasteiger partial charge in [-0.25, -0.2) is 0 Å². The molecular weight excluding hydrogens is 432 g/mol. The Morgan fingerprint density at radius 1 is 0.333 bits per heavy atom. The van der Waals surface area contributed by atoms with Crippen molar-refractivity contribution in [3.63, 3.8) is 0 Å². The molecule has 4 aromatic rings. The Kier molecular flexibility index (Phi) is 7.70. The van der Waals surface area contributed by atoms with Crippen molar-refractivity contribution in [3.05, 3.63) is 139 Å². The van der Waals surface area contributed by atoms with Gasteiger partial charge in [0.2, 0.25) is 0 Å². The smallest absolute Gasteiger partial charge is 0.0712 e. The van der Waals surface area contributed by atoms with Crippen LogP contribution >= 0.6 is 0 Å². The summed E-state index contributed by atoms with van der Waals surface area (Å²) in [6, 6.07) is 22.4. The number of benzene rings is 4. The largest absolute Gasteiger partial charge is 0.0776 e. The molecule has 0 radical (unpaired) electrons. The molecule has 0 heterocycles. The Morgan fingerprint density at radius 3 is 0.806 bits per heavy atom. The van der Waals surface area contributed by atoms with Crippen LogP contribution in [-0.4, -0.2) is 0 Å². The SMILES string of the molecule is C.Cc1c(C)c(C)c(C(c2ccccc2)(c2ccccc2)c2c(C)c(C)c(C)c(C)c2C)c(C)c1C. The molecule has 0 spiro atoms. The molecule has 0 heteroatoms. The van der Waals surface area contributed by atoms with E-state index in [0.29, 0.717) is 0 Å². The molecule has 0 nitrogen and oxygen atoms in total. The van der Waals surface area contributed by atoms with E-state index in [-0.39, 0.29) is 7.43 Å². The van der Waals surface area contributed by atoms with Crippen LogP contribution in [-0.2, 0) is 5.41 Å². The van der Waals surface area contributed by atoms with Crippen LogP contribution in [0, 0.1) is 69.2 Å². The van der Waals surface area contributed by atoms with Crippen LogP contribution in [0.2, 0.25) is 0 Å². The van der Waals surface area contributed by atoms with Crippen LogP contribution in [0.3, 0.4) is 0 Å². The maximum Gasteiger partial charge on any atom is 0.0712 e. The lowest BCUT2D eigenvalue weighted by Gasteiger charge is -2.43. The fraction of sp³-hybridized carbons (Fsp3) is 0.333. The van der Waals surface area contributed by atoms with E-state index in [2.05, 4.69) is 130 Å². The molecule has 0 aromatic heterocycles. The molecule has 0 aliphatic carbocycles. The lowest BCUT2D eigenvalue weighted by Crippen LogP contribution is -2.36. The van der Waals surface area contributed by atoms with Gasteiger partial charge >= 0.3 is 0 Å². The Balaban J connectivity index is 0.00000361. The highest BCUT2D eigenvalue weighted by molar-refractivity contribution is 5.70. The normalized spacial score (nSPS) is 11.4. The molecule has 0 aliphatic rings. The minimum atomic E-state index is -0.419. The monoisotopic (exact) mass is 476 g/mol. The first-order chi connectivity index (χ1) is 16.6. The summed E-state index contributed by atoms with van der Waals surface area (Å²) in [6.07, 6.45) is 0. The van der Waals surface area contributed by atoms with E-state index in [1.807, 2.05) is 0 Å². The lowest BCUT2D eigenvalue weighted by atomic mass is 9.59. The van der Waals surface area contributed by atoms with Crippen molar-refractivity contribution in [1.82, 2.24) is 0 Å². The van der Waals surface area contributed by atoms with Gasteiger partial charge < -0.3 is 0 Å². The quantitative estimate of drug-likeness (QED) is 0.257. The van der Waals surface area contributed by atoms with E-state index >= 15 is 0 Å². The Labute approximate surface area is 220 Å². The molecule has 0 bridgehead atoms. The predicted octanol–water partition coefficient (Wildman–Crippen LogP) is 9.79. The van der Waals surface area contributed by atoms with Gasteiger partial charge in [-0.15, -0.1) is 0 Å². The van der Waals surface area contributed by atoms with Gasteiger partial charge in [0.1, 0.15) is 0 Å². The zero-order valence-corrected chi connectivity index (χ0v) is 23.3. The summed E-state index contributed by atoms with van der Waals surface area (Å²) < 4.78 is 0. The van der Waals surface area contributed by atoms with E-state index in [1.165, 1.54) is 77.9 Å². The van der Waals surface area contributed by atoms with Gasteiger partial charge in [-0.2, -0.15) is 0 Å². The first kappa shape index (κ1) is 27.5. The van der Waals surface area contributed by atoms with Gasteiger partial charge in [0, 0.05) is 0 Å². The second kappa shape index (κ2) is 10.1. The minimum absolute atomic E-state index is 0. The fourth-order valence-electron chi connectivity index (χ4n) is 6.37. The van der Waals surface area contributed by atoms with Gasteiger partial charge in [-0.05, 0) is 147 Å². The van der Waals surface area contributed by atoms with Crippen LogP contribution in [0.25, 0.3) is 0 Å². The molecule has 0 saturated carbocycles. The molecular formula is C36H44. The highest BCUT2D eigenvalue weighted by Crippen LogP contribution is 2.52. The molecule has 0 fully saturated rings. The van der Waals surface area contributed by atoms with Crippen LogP contribution in [0.5, 0.6) is 0 Å². The predicted molar refractivity (Wildman–Crippen MR) is 159 cm³/mol. The zero-order chi connectivity index (χ0) is 25.7. The third-order valence-electron chi connectivity index (χ3n) is 9.16. The van der Waals surface area contributed by atoms with Crippen molar-refractivity contribution in [2.75, 3.05) is 0 Å². The van der Waals surface area contributed by atoms with E-state index < -0.39 is 5.41 Å². The lowest BCUT2D eigenvalue weighted by molar-refractivity contribution is 0.711. The number of hydrogen-bond acceptors (Lipinski definition) is 0. The molecule has 4 aromatic carbocycles. The second-order valence-electron chi connectivity index (χ2n) is 10.5. The van der Waals surface area contributed by atoms with Crippen molar-refractivity contribution in [3.8, 4) is 0 Å². The third kappa shape index (κ3) is 3.83. The molecule has 36 heavy (non-hydrogen) atoms.